The third-order valence-electron chi connectivity index (χ3n) is 2.70. The van der Waals surface area contributed by atoms with E-state index < -0.39 is 0 Å². The summed E-state index contributed by atoms with van der Waals surface area (Å²) in [6.07, 6.45) is 0. The van der Waals surface area contributed by atoms with E-state index in [2.05, 4.69) is 27.9 Å². The molecule has 0 aliphatic rings. The van der Waals surface area contributed by atoms with Crippen molar-refractivity contribution in [3.05, 3.63) is 56.1 Å². The summed E-state index contributed by atoms with van der Waals surface area (Å²) in [5, 5.41) is 3.34. The Balaban J connectivity index is 2.28. The molecule has 2 aromatic rings. The number of aryl methyl sites for hydroxylation is 1. The van der Waals surface area contributed by atoms with Crippen molar-refractivity contribution < 1.29 is 4.79 Å². The van der Waals surface area contributed by atoms with E-state index in [0.717, 1.165) is 9.13 Å². The molecule has 0 unspecified atom stereocenters. The number of nitrogens with one attached hydrogen (secondary N) is 1. The SMILES string of the molecule is Cc1cccc(C(=O)Nc2ccc(Cl)cc2N)c1I. The van der Waals surface area contributed by atoms with E-state index in [1.807, 2.05) is 19.1 Å². The normalized spacial score (nSPS) is 10.3. The lowest BCUT2D eigenvalue weighted by atomic mass is 10.1. The summed E-state index contributed by atoms with van der Waals surface area (Å²) in [4.78, 5) is 12.2. The summed E-state index contributed by atoms with van der Waals surface area (Å²) in [7, 11) is 0. The highest BCUT2D eigenvalue weighted by molar-refractivity contribution is 14.1. The second-order valence-corrected chi connectivity index (χ2v) is 5.64. The van der Waals surface area contributed by atoms with Crippen LogP contribution >= 0.6 is 34.2 Å². The molecule has 0 spiro atoms. The van der Waals surface area contributed by atoms with E-state index in [1.54, 1.807) is 24.3 Å². The minimum atomic E-state index is -0.179. The average Bonchev–Trinajstić information content (AvgIpc) is 2.36. The Hall–Kier alpha value is -1.27. The number of carbonyl (C=O) groups is 1. The van der Waals surface area contributed by atoms with E-state index in [9.17, 15) is 4.79 Å². The minimum Gasteiger partial charge on any atom is -0.397 e. The van der Waals surface area contributed by atoms with Gasteiger partial charge in [0.1, 0.15) is 0 Å². The van der Waals surface area contributed by atoms with Crippen molar-refractivity contribution >= 4 is 51.5 Å². The lowest BCUT2D eigenvalue weighted by Gasteiger charge is -2.10. The molecule has 98 valence electrons. The van der Waals surface area contributed by atoms with E-state index >= 15 is 0 Å². The van der Waals surface area contributed by atoms with Gasteiger partial charge in [-0.05, 0) is 59.3 Å². The quantitative estimate of drug-likeness (QED) is 0.603. The van der Waals surface area contributed by atoms with Gasteiger partial charge in [0, 0.05) is 8.59 Å². The van der Waals surface area contributed by atoms with E-state index in [4.69, 9.17) is 17.3 Å². The predicted octanol–water partition coefficient (Wildman–Crippen LogP) is 4.09. The third-order valence-corrected chi connectivity index (χ3v) is 4.37. The van der Waals surface area contributed by atoms with E-state index in [1.165, 1.54) is 0 Å². The standard InChI is InChI=1S/C14H12ClIN2O/c1-8-3-2-4-10(13(8)16)14(19)18-12-6-5-9(15)7-11(12)17/h2-7H,17H2,1H3,(H,18,19). The topological polar surface area (TPSA) is 55.1 Å². The van der Waals surface area contributed by atoms with Gasteiger partial charge in [0.2, 0.25) is 0 Å². The molecule has 3 N–H and O–H groups in total. The molecule has 0 saturated carbocycles. The number of nitrogen functional groups attached to an aromatic ring is 1. The van der Waals surface area contributed by atoms with Crippen LogP contribution in [0.1, 0.15) is 15.9 Å². The molecule has 0 fully saturated rings. The Kier molecular flexibility index (Phi) is 4.31. The lowest BCUT2D eigenvalue weighted by molar-refractivity contribution is 0.102. The zero-order valence-electron chi connectivity index (χ0n) is 10.2. The van der Waals surface area contributed by atoms with Crippen molar-refractivity contribution in [3.63, 3.8) is 0 Å². The van der Waals surface area contributed by atoms with Crippen LogP contribution in [0.15, 0.2) is 36.4 Å². The number of benzene rings is 2. The van der Waals surface area contributed by atoms with Crippen molar-refractivity contribution in [1.29, 1.82) is 0 Å². The fourth-order valence-corrected chi connectivity index (χ4v) is 2.44. The molecule has 1 amide bonds. The maximum atomic E-state index is 12.2. The van der Waals surface area contributed by atoms with Crippen molar-refractivity contribution in [2.75, 3.05) is 11.1 Å². The fourth-order valence-electron chi connectivity index (χ4n) is 1.66. The summed E-state index contributed by atoms with van der Waals surface area (Å²) in [6.45, 7) is 1.97. The largest absolute Gasteiger partial charge is 0.397 e. The number of hydrogen-bond acceptors (Lipinski definition) is 2. The Morgan fingerprint density at radius 2 is 2.05 bits per heavy atom. The highest BCUT2D eigenvalue weighted by atomic mass is 127. The minimum absolute atomic E-state index is 0.179. The molecular formula is C14H12ClIN2O. The van der Waals surface area contributed by atoms with Crippen LogP contribution in [0.2, 0.25) is 5.02 Å². The van der Waals surface area contributed by atoms with E-state index in [-0.39, 0.29) is 5.91 Å². The van der Waals surface area contributed by atoms with Crippen LogP contribution in [0.3, 0.4) is 0 Å². The molecule has 19 heavy (non-hydrogen) atoms. The molecule has 3 nitrogen and oxygen atoms in total. The van der Waals surface area contributed by atoms with Gasteiger partial charge in [-0.2, -0.15) is 0 Å². The van der Waals surface area contributed by atoms with Crippen LogP contribution in [0.4, 0.5) is 11.4 Å². The molecule has 0 aromatic heterocycles. The molecule has 0 radical (unpaired) electrons. The van der Waals surface area contributed by atoms with Crippen molar-refractivity contribution in [2.45, 2.75) is 6.92 Å². The number of halogens is 2. The van der Waals surface area contributed by atoms with Gasteiger partial charge in [0.25, 0.3) is 5.91 Å². The number of nitrogens with two attached hydrogens (primary N) is 1. The van der Waals surface area contributed by atoms with Gasteiger partial charge in [0.15, 0.2) is 0 Å². The van der Waals surface area contributed by atoms with E-state index in [0.29, 0.717) is 22.0 Å². The zero-order chi connectivity index (χ0) is 14.0. The lowest BCUT2D eigenvalue weighted by Crippen LogP contribution is -2.15. The summed E-state index contributed by atoms with van der Waals surface area (Å²) in [5.74, 6) is -0.179. The first-order valence-electron chi connectivity index (χ1n) is 5.60. The zero-order valence-corrected chi connectivity index (χ0v) is 13.1. The number of amides is 1. The highest BCUT2D eigenvalue weighted by Crippen LogP contribution is 2.24. The second kappa shape index (κ2) is 5.79. The van der Waals surface area contributed by atoms with Crippen molar-refractivity contribution in [2.24, 2.45) is 0 Å². The molecular weight excluding hydrogens is 375 g/mol. The van der Waals surface area contributed by atoms with Crippen molar-refractivity contribution in [3.8, 4) is 0 Å². The van der Waals surface area contributed by atoms with Gasteiger partial charge < -0.3 is 11.1 Å². The van der Waals surface area contributed by atoms with Gasteiger partial charge in [0.05, 0.1) is 16.9 Å². The highest BCUT2D eigenvalue weighted by Gasteiger charge is 2.12. The third kappa shape index (κ3) is 3.19. The van der Waals surface area contributed by atoms with Crippen LogP contribution in [0.5, 0.6) is 0 Å². The molecule has 0 aliphatic heterocycles. The summed E-state index contributed by atoms with van der Waals surface area (Å²) in [6, 6.07) is 10.6. The van der Waals surface area contributed by atoms with Crippen LogP contribution in [-0.4, -0.2) is 5.91 Å². The van der Waals surface area contributed by atoms with Gasteiger partial charge in [-0.3, -0.25) is 4.79 Å². The molecule has 0 atom stereocenters. The first kappa shape index (κ1) is 14.1. The first-order valence-corrected chi connectivity index (χ1v) is 7.06. The Bertz CT molecular complexity index is 643. The van der Waals surface area contributed by atoms with Gasteiger partial charge in [-0.1, -0.05) is 23.7 Å². The monoisotopic (exact) mass is 386 g/mol. The molecule has 0 bridgehead atoms. The smallest absolute Gasteiger partial charge is 0.256 e. The summed E-state index contributed by atoms with van der Waals surface area (Å²) in [5.41, 5.74) is 8.53. The molecule has 5 heteroatoms. The predicted molar refractivity (Wildman–Crippen MR) is 87.7 cm³/mol. The van der Waals surface area contributed by atoms with Crippen LogP contribution in [0, 0.1) is 10.5 Å². The number of hydrogen-bond donors (Lipinski definition) is 2. The van der Waals surface area contributed by atoms with Crippen LogP contribution in [-0.2, 0) is 0 Å². The second-order valence-electron chi connectivity index (χ2n) is 4.12. The molecule has 0 aliphatic carbocycles. The molecule has 2 rings (SSSR count). The molecule has 0 saturated heterocycles. The summed E-state index contributed by atoms with van der Waals surface area (Å²) < 4.78 is 0.935. The first-order chi connectivity index (χ1) is 8.99. The number of carbonyl (C=O) groups excluding carboxylic acids is 1. The molecule has 2 aromatic carbocycles. The molecule has 0 heterocycles. The van der Waals surface area contributed by atoms with Gasteiger partial charge >= 0.3 is 0 Å². The Labute approximate surface area is 130 Å². The van der Waals surface area contributed by atoms with Gasteiger partial charge in [-0.25, -0.2) is 0 Å². The maximum absolute atomic E-state index is 12.2. The van der Waals surface area contributed by atoms with Crippen molar-refractivity contribution in [1.82, 2.24) is 0 Å². The fraction of sp³-hybridized carbons (Fsp3) is 0.0714. The number of anilines is 2. The van der Waals surface area contributed by atoms with Crippen LogP contribution < -0.4 is 11.1 Å². The Morgan fingerprint density at radius 1 is 1.32 bits per heavy atom. The summed E-state index contributed by atoms with van der Waals surface area (Å²) >= 11 is 7.99. The Morgan fingerprint density at radius 3 is 2.74 bits per heavy atom. The maximum Gasteiger partial charge on any atom is 0.256 e. The number of rotatable bonds is 2. The van der Waals surface area contributed by atoms with Gasteiger partial charge in [-0.15, -0.1) is 0 Å². The average molecular weight is 387 g/mol. The van der Waals surface area contributed by atoms with Crippen LogP contribution in [0.25, 0.3) is 0 Å².